The smallest absolute Gasteiger partial charge is 0.407 e. The number of rotatable bonds is 37. The van der Waals surface area contributed by atoms with E-state index in [-0.39, 0.29) is 50.1 Å². The number of hydrogen-bond donors (Lipinski definition) is 5. The van der Waals surface area contributed by atoms with Crippen LogP contribution in [0.1, 0.15) is 161 Å². The molecule has 23 heteroatoms. The average Bonchev–Trinajstić information content (AvgIpc) is 1.57. The van der Waals surface area contributed by atoms with Crippen molar-refractivity contribution in [2.75, 3.05) is 41.0 Å². The number of carbonyl (C=O) groups excluding carboxylic acids is 9. The Labute approximate surface area is 651 Å². The lowest BCUT2D eigenvalue weighted by molar-refractivity contribution is -0.155. The number of aromatic nitrogens is 1. The lowest BCUT2D eigenvalue weighted by atomic mass is 9.95. The second-order valence-electron chi connectivity index (χ2n) is 32.0. The van der Waals surface area contributed by atoms with E-state index in [4.69, 9.17) is 23.4 Å². The van der Waals surface area contributed by atoms with E-state index in [9.17, 15) is 19.2 Å². The molecular formula is C87H116N8O14Si. The van der Waals surface area contributed by atoms with Gasteiger partial charge in [-0.3, -0.25) is 28.8 Å². The van der Waals surface area contributed by atoms with Gasteiger partial charge in [-0.15, -0.1) is 6.58 Å². The number of amides is 7. The van der Waals surface area contributed by atoms with Crippen LogP contribution in [0.25, 0.3) is 22.0 Å². The van der Waals surface area contributed by atoms with Gasteiger partial charge >= 0.3 is 18.0 Å². The fourth-order valence-electron chi connectivity index (χ4n) is 13.6. The summed E-state index contributed by atoms with van der Waals surface area (Å²) in [4.78, 5) is 138. The van der Waals surface area contributed by atoms with E-state index in [0.29, 0.717) is 16.5 Å². The highest BCUT2D eigenvalue weighted by Crippen LogP contribution is 2.46. The van der Waals surface area contributed by atoms with Crippen molar-refractivity contribution in [2.45, 2.75) is 194 Å². The molecule has 6 aromatic rings. The SMILES string of the molecule is C=CCOC(=O)[C@H](CC(C)C)N(C)C(=O)[C@@H](NC(=O)[C@@H](NC(=O)[C@H](C)NC(=O)[C@H](C[C@@H](C)COC(=O)c1ccccc1)N(C)C(=O)[C@@H](NC(=O)[C@@H](NC(=O)OCC1c2ccccc2-c2ccccc21)[C@H](C)C=C(C)C)[C@H](O[Si](C)(C)C(C)(C)C)c1cn(C(C)(C)C=C)c2ccccc12)[C@H](OC)c1ccccc1)C(C)C. The summed E-state index contributed by atoms with van der Waals surface area (Å²) >= 11 is 0. The molecule has 0 bridgehead atoms. The van der Waals surface area contributed by atoms with Gasteiger partial charge in [0.05, 0.1) is 17.7 Å². The third kappa shape index (κ3) is 21.7. The first-order valence-electron chi connectivity index (χ1n) is 37.9. The number of carbonyl (C=O) groups is 9. The van der Waals surface area contributed by atoms with E-state index in [1.807, 2.05) is 165 Å². The van der Waals surface area contributed by atoms with E-state index >= 15 is 24.0 Å². The quantitative estimate of drug-likeness (QED) is 0.0105. The van der Waals surface area contributed by atoms with Crippen LogP contribution in [0.3, 0.4) is 0 Å². The largest absolute Gasteiger partial charge is 0.462 e. The lowest BCUT2D eigenvalue weighted by Gasteiger charge is -2.42. The molecule has 592 valence electrons. The monoisotopic (exact) mass is 1520 g/mol. The molecule has 11 atom stereocenters. The van der Waals surface area contributed by atoms with Gasteiger partial charge in [-0.1, -0.05) is 208 Å². The van der Waals surface area contributed by atoms with Gasteiger partial charge in [-0.05, 0) is 129 Å². The van der Waals surface area contributed by atoms with Crippen LogP contribution in [0.15, 0.2) is 177 Å². The number of benzene rings is 5. The molecule has 0 saturated heterocycles. The number of nitrogens with zero attached hydrogens (tertiary/aromatic N) is 3. The standard InChI is InChI=1S/C87H116N8O14Si/c1-22-46-106-84(103)70(48-54(5)6)94(18)81(100)71(55(7)8)89-80(99)73(75(105-19)59-36-26-24-27-37-59)90-77(96)58(11)88-78(97)69(49-56(9)51-107-83(102)60-38-28-25-29-39-60)93(17)82(101)74(76(109-110(20,21)86(12,13)14)66-50-95(87(15,16)23-2)68-45-35-34-44-65(66)68)91-79(98)72(57(10)47-53(3)4)92-85(104)108-52-67-63-42-32-30-40-61(63)62-41-31-33-43-64(62)67/h22-45,47,50,54-58,67,69-76H,1-2,46,48-49,51-52H2,3-21H3,(H,88,97)(H,89,99)(H,90,96)(H,91,98)(H,92,104)/t56-,57-,58+,69+,70+,71+,72+,73+,74+,75-,76-/m1/s1. The van der Waals surface area contributed by atoms with Crippen molar-refractivity contribution in [3.63, 3.8) is 0 Å². The Morgan fingerprint density at radius 2 is 1.13 bits per heavy atom. The topological polar surface area (TPSA) is 271 Å². The number of fused-ring (bicyclic) bond motifs is 4. The predicted octanol–water partition coefficient (Wildman–Crippen LogP) is 13.5. The van der Waals surface area contributed by atoms with Crippen molar-refractivity contribution < 1.29 is 66.5 Å². The summed E-state index contributed by atoms with van der Waals surface area (Å²) in [6.07, 6.45) is 3.59. The molecule has 0 radical (unpaired) electrons. The van der Waals surface area contributed by atoms with Crippen LogP contribution in [-0.4, -0.2) is 159 Å². The van der Waals surface area contributed by atoms with E-state index in [0.717, 1.165) is 33.3 Å². The van der Waals surface area contributed by atoms with Crippen LogP contribution >= 0.6 is 0 Å². The summed E-state index contributed by atoms with van der Waals surface area (Å²) in [6.45, 7) is 37.5. The Morgan fingerprint density at radius 3 is 1.69 bits per heavy atom. The number of esters is 2. The second kappa shape index (κ2) is 38.6. The summed E-state index contributed by atoms with van der Waals surface area (Å²) in [5.74, 6) is -8.41. The average molecular weight is 1530 g/mol. The highest BCUT2D eigenvalue weighted by molar-refractivity contribution is 6.74. The van der Waals surface area contributed by atoms with E-state index in [2.05, 4.69) is 39.7 Å². The number of nitrogens with one attached hydrogen (secondary N) is 5. The van der Waals surface area contributed by atoms with Crippen molar-refractivity contribution in [1.82, 2.24) is 41.0 Å². The first-order chi connectivity index (χ1) is 51.9. The van der Waals surface area contributed by atoms with Crippen LogP contribution in [-0.2, 0) is 62.5 Å². The number of alkyl carbamates (subject to hydrolysis) is 1. The maximum Gasteiger partial charge on any atom is 0.407 e. The highest BCUT2D eigenvalue weighted by Gasteiger charge is 2.48. The van der Waals surface area contributed by atoms with E-state index < -0.39 is 145 Å². The molecule has 1 aromatic heterocycles. The van der Waals surface area contributed by atoms with E-state index in [1.165, 1.54) is 44.0 Å². The molecule has 5 aromatic carbocycles. The molecule has 0 unspecified atom stereocenters. The fraction of sp³-hybridized carbons (Fsp3) is 0.460. The zero-order valence-electron chi connectivity index (χ0n) is 67.6. The first kappa shape index (κ1) is 87.3. The Bertz CT molecular complexity index is 4210. The van der Waals surface area contributed by atoms with Gasteiger partial charge in [0.25, 0.3) is 0 Å². The van der Waals surface area contributed by atoms with Crippen LogP contribution in [0, 0.1) is 23.7 Å². The van der Waals surface area contributed by atoms with Crippen molar-refractivity contribution in [1.29, 1.82) is 0 Å². The third-order valence-electron chi connectivity index (χ3n) is 20.9. The summed E-state index contributed by atoms with van der Waals surface area (Å²) in [7, 11) is 1.13. The molecule has 5 N–H and O–H groups in total. The minimum Gasteiger partial charge on any atom is -0.462 e. The van der Waals surface area contributed by atoms with Gasteiger partial charge in [-0.25, -0.2) is 14.4 Å². The molecule has 1 heterocycles. The van der Waals surface area contributed by atoms with Crippen molar-refractivity contribution >= 4 is 72.7 Å². The van der Waals surface area contributed by atoms with Gasteiger partial charge in [-0.2, -0.15) is 0 Å². The minimum atomic E-state index is -3.11. The summed E-state index contributed by atoms with van der Waals surface area (Å²) in [6, 6.07) is 30.5. The molecule has 0 saturated carbocycles. The predicted molar refractivity (Wildman–Crippen MR) is 432 cm³/mol. The van der Waals surface area contributed by atoms with Gasteiger partial charge in [0.1, 0.15) is 67.7 Å². The zero-order valence-corrected chi connectivity index (χ0v) is 68.6. The maximum atomic E-state index is 16.9. The zero-order chi connectivity index (χ0) is 81.3. The van der Waals surface area contributed by atoms with E-state index in [1.54, 1.807) is 94.4 Å². The molecule has 1 aliphatic carbocycles. The number of para-hydroxylation sites is 1. The molecule has 0 fully saturated rings. The van der Waals surface area contributed by atoms with Gasteiger partial charge in [0.2, 0.25) is 35.4 Å². The minimum absolute atomic E-state index is 0.0437. The molecule has 0 spiro atoms. The Balaban J connectivity index is 1.33. The molecule has 110 heavy (non-hydrogen) atoms. The van der Waals surface area contributed by atoms with Crippen molar-refractivity contribution in [3.05, 3.63) is 204 Å². The number of hydrogen-bond acceptors (Lipinski definition) is 14. The Kier molecular flexibility index (Phi) is 30.6. The summed E-state index contributed by atoms with van der Waals surface area (Å²) < 4.78 is 33.0. The Morgan fingerprint density at radius 1 is 0.591 bits per heavy atom. The number of ether oxygens (including phenoxy) is 4. The number of methoxy groups -OCH3 is 1. The normalized spacial score (nSPS) is 15.2. The maximum absolute atomic E-state index is 16.9. The highest BCUT2D eigenvalue weighted by atomic mass is 28.4. The molecule has 7 amide bonds. The van der Waals surface area contributed by atoms with Crippen LogP contribution in [0.4, 0.5) is 4.79 Å². The molecule has 0 aliphatic heterocycles. The number of allylic oxidation sites excluding steroid dienone is 2. The third-order valence-corrected chi connectivity index (χ3v) is 25.4. The van der Waals surface area contributed by atoms with Crippen LogP contribution in [0.2, 0.25) is 18.1 Å². The fourth-order valence-corrected chi connectivity index (χ4v) is 14.8. The second-order valence-corrected chi connectivity index (χ2v) is 36.7. The Hall–Kier alpha value is -9.97. The molecule has 7 rings (SSSR count). The van der Waals surface area contributed by atoms with Crippen molar-refractivity contribution in [2.24, 2.45) is 23.7 Å². The molecular weight excluding hydrogens is 1410 g/mol. The van der Waals surface area contributed by atoms with Crippen LogP contribution in [0.5, 0.6) is 0 Å². The van der Waals surface area contributed by atoms with Gasteiger partial charge < -0.3 is 64.3 Å². The lowest BCUT2D eigenvalue weighted by Crippen LogP contribution is -2.62. The summed E-state index contributed by atoms with van der Waals surface area (Å²) in [5.41, 5.74) is 6.14. The number of likely N-dealkylation sites (N-methyl/N-ethyl adjacent to an activating group) is 2. The first-order valence-corrected chi connectivity index (χ1v) is 40.8. The van der Waals surface area contributed by atoms with Crippen LogP contribution < -0.4 is 26.6 Å². The van der Waals surface area contributed by atoms with Gasteiger partial charge in [0.15, 0.2) is 8.32 Å². The van der Waals surface area contributed by atoms with Crippen molar-refractivity contribution in [3.8, 4) is 11.1 Å². The van der Waals surface area contributed by atoms with Gasteiger partial charge in [0, 0.05) is 55.7 Å². The molecule has 1 aliphatic rings. The summed E-state index contributed by atoms with van der Waals surface area (Å²) in [5, 5.41) is 14.7. The molecule has 22 nitrogen and oxygen atoms in total.